The molecule has 1 saturated heterocycles. The number of hydrogen-bond donors (Lipinski definition) is 1. The van der Waals surface area contributed by atoms with E-state index in [-0.39, 0.29) is 0 Å². The second kappa shape index (κ2) is 4.07. The molecule has 94 valence electrons. The summed E-state index contributed by atoms with van der Waals surface area (Å²) in [7, 11) is 0. The zero-order valence-electron chi connectivity index (χ0n) is 10.2. The first-order valence-corrected chi connectivity index (χ1v) is 6.46. The lowest BCUT2D eigenvalue weighted by Gasteiger charge is -2.46. The predicted octanol–water partition coefficient (Wildman–Crippen LogP) is 1.29. The van der Waals surface area contributed by atoms with E-state index in [0.717, 1.165) is 31.8 Å². The van der Waals surface area contributed by atoms with E-state index in [4.69, 9.17) is 4.52 Å². The number of rotatable bonds is 5. The lowest BCUT2D eigenvalue weighted by atomic mass is 9.89. The maximum absolute atomic E-state index is 10.1. The minimum Gasteiger partial charge on any atom is -0.387 e. The summed E-state index contributed by atoms with van der Waals surface area (Å²) < 4.78 is 5.22. The summed E-state index contributed by atoms with van der Waals surface area (Å²) in [6.07, 6.45) is 4.29. The number of nitrogens with zero attached hydrogens (tertiary/aromatic N) is 3. The Morgan fingerprint density at radius 2 is 2.24 bits per heavy atom. The van der Waals surface area contributed by atoms with Gasteiger partial charge in [-0.15, -0.1) is 0 Å². The van der Waals surface area contributed by atoms with E-state index in [9.17, 15) is 5.11 Å². The molecule has 0 radical (unpaired) electrons. The summed E-state index contributed by atoms with van der Waals surface area (Å²) in [5, 5.41) is 14.0. The van der Waals surface area contributed by atoms with Gasteiger partial charge in [0.25, 0.3) is 0 Å². The highest BCUT2D eigenvalue weighted by molar-refractivity contribution is 5.04. The van der Waals surface area contributed by atoms with Gasteiger partial charge in [-0.2, -0.15) is 4.98 Å². The highest BCUT2D eigenvalue weighted by Crippen LogP contribution is 2.38. The van der Waals surface area contributed by atoms with Gasteiger partial charge in [-0.05, 0) is 19.3 Å². The van der Waals surface area contributed by atoms with Crippen LogP contribution in [0.5, 0.6) is 0 Å². The Hall–Kier alpha value is -0.940. The van der Waals surface area contributed by atoms with Gasteiger partial charge in [-0.3, -0.25) is 4.90 Å². The third-order valence-electron chi connectivity index (χ3n) is 3.54. The largest absolute Gasteiger partial charge is 0.387 e. The van der Waals surface area contributed by atoms with Crippen molar-refractivity contribution in [3.8, 4) is 0 Å². The van der Waals surface area contributed by atoms with Crippen LogP contribution in [0.1, 0.15) is 50.2 Å². The molecule has 0 unspecified atom stereocenters. The van der Waals surface area contributed by atoms with Crippen LogP contribution in [0.3, 0.4) is 0 Å². The Kier molecular flexibility index (Phi) is 2.67. The third-order valence-corrected chi connectivity index (χ3v) is 3.54. The molecule has 3 rings (SSSR count). The molecule has 1 aliphatic carbocycles. The quantitative estimate of drug-likeness (QED) is 0.836. The number of hydrogen-bond acceptors (Lipinski definition) is 5. The van der Waals surface area contributed by atoms with Crippen molar-refractivity contribution in [2.45, 2.75) is 50.7 Å². The summed E-state index contributed by atoms with van der Waals surface area (Å²) >= 11 is 0. The Morgan fingerprint density at radius 1 is 1.47 bits per heavy atom. The molecule has 0 atom stereocenters. The third kappa shape index (κ3) is 2.35. The van der Waals surface area contributed by atoms with Crippen LogP contribution in [0.4, 0.5) is 0 Å². The highest BCUT2D eigenvalue weighted by atomic mass is 16.5. The molecule has 1 aliphatic heterocycles. The first kappa shape index (κ1) is 11.2. The van der Waals surface area contributed by atoms with Crippen molar-refractivity contribution < 1.29 is 9.63 Å². The van der Waals surface area contributed by atoms with E-state index < -0.39 is 5.60 Å². The maximum Gasteiger partial charge on any atom is 0.240 e. The second-order valence-corrected chi connectivity index (χ2v) is 5.44. The van der Waals surface area contributed by atoms with E-state index in [1.807, 2.05) is 0 Å². The van der Waals surface area contributed by atoms with Crippen LogP contribution in [-0.4, -0.2) is 38.8 Å². The van der Waals surface area contributed by atoms with E-state index in [0.29, 0.717) is 18.4 Å². The van der Waals surface area contributed by atoms with Crippen LogP contribution in [0, 0.1) is 0 Å². The van der Waals surface area contributed by atoms with Gasteiger partial charge in [0, 0.05) is 19.0 Å². The number of aliphatic hydroxyl groups is 1. The van der Waals surface area contributed by atoms with Crippen LogP contribution in [0.25, 0.3) is 0 Å². The summed E-state index contributed by atoms with van der Waals surface area (Å²) in [6.45, 7) is 4.22. The Morgan fingerprint density at radius 3 is 2.88 bits per heavy atom. The minimum absolute atomic E-state index is 0.478. The minimum atomic E-state index is -0.478. The van der Waals surface area contributed by atoms with Crippen molar-refractivity contribution >= 4 is 0 Å². The fourth-order valence-electron chi connectivity index (χ4n) is 2.55. The Bertz CT molecular complexity index is 394. The molecule has 0 amide bonds. The van der Waals surface area contributed by atoms with Gasteiger partial charge in [0.2, 0.25) is 5.89 Å². The zero-order chi connectivity index (χ0) is 11.9. The SMILES string of the molecule is CCCC1(O)CN(Cc2nc(C3CC3)no2)C1. The fourth-order valence-corrected chi connectivity index (χ4v) is 2.55. The molecular weight excluding hydrogens is 218 g/mol. The average molecular weight is 237 g/mol. The summed E-state index contributed by atoms with van der Waals surface area (Å²) in [5.74, 6) is 2.09. The molecule has 1 N–H and O–H groups in total. The summed E-state index contributed by atoms with van der Waals surface area (Å²) in [5.41, 5.74) is -0.478. The number of aromatic nitrogens is 2. The van der Waals surface area contributed by atoms with Crippen molar-refractivity contribution in [1.82, 2.24) is 15.0 Å². The van der Waals surface area contributed by atoms with Gasteiger partial charge in [0.1, 0.15) is 0 Å². The Balaban J connectivity index is 1.51. The van der Waals surface area contributed by atoms with Gasteiger partial charge in [-0.1, -0.05) is 18.5 Å². The van der Waals surface area contributed by atoms with Crippen molar-refractivity contribution in [3.05, 3.63) is 11.7 Å². The highest BCUT2D eigenvalue weighted by Gasteiger charge is 2.40. The van der Waals surface area contributed by atoms with E-state index in [1.165, 1.54) is 12.8 Å². The maximum atomic E-state index is 10.1. The molecule has 2 fully saturated rings. The standard InChI is InChI=1S/C12H19N3O2/c1-2-5-12(16)7-15(8-12)6-10-13-11(14-17-10)9-3-4-9/h9,16H,2-8H2,1H3. The van der Waals surface area contributed by atoms with Gasteiger partial charge in [0.05, 0.1) is 12.1 Å². The first-order chi connectivity index (χ1) is 8.18. The summed E-state index contributed by atoms with van der Waals surface area (Å²) in [4.78, 5) is 6.54. The Labute approximate surface area is 101 Å². The van der Waals surface area contributed by atoms with Crippen LogP contribution < -0.4 is 0 Å². The first-order valence-electron chi connectivity index (χ1n) is 6.46. The molecule has 2 aliphatic rings. The van der Waals surface area contributed by atoms with Gasteiger partial charge < -0.3 is 9.63 Å². The van der Waals surface area contributed by atoms with Gasteiger partial charge in [0.15, 0.2) is 5.82 Å². The zero-order valence-corrected chi connectivity index (χ0v) is 10.2. The molecule has 1 aromatic rings. The molecule has 0 spiro atoms. The van der Waals surface area contributed by atoms with Crippen LogP contribution in [0.2, 0.25) is 0 Å². The smallest absolute Gasteiger partial charge is 0.240 e. The molecule has 0 bridgehead atoms. The van der Waals surface area contributed by atoms with E-state index in [2.05, 4.69) is 22.0 Å². The van der Waals surface area contributed by atoms with Crippen molar-refractivity contribution in [2.24, 2.45) is 0 Å². The van der Waals surface area contributed by atoms with E-state index in [1.54, 1.807) is 0 Å². The van der Waals surface area contributed by atoms with Crippen molar-refractivity contribution in [1.29, 1.82) is 0 Å². The molecule has 5 heteroatoms. The lowest BCUT2D eigenvalue weighted by Crippen LogP contribution is -2.60. The van der Waals surface area contributed by atoms with Crippen LogP contribution in [0.15, 0.2) is 4.52 Å². The molecule has 2 heterocycles. The molecule has 1 saturated carbocycles. The van der Waals surface area contributed by atoms with Gasteiger partial charge >= 0.3 is 0 Å². The molecule has 5 nitrogen and oxygen atoms in total. The molecule has 1 aromatic heterocycles. The fraction of sp³-hybridized carbons (Fsp3) is 0.833. The second-order valence-electron chi connectivity index (χ2n) is 5.44. The van der Waals surface area contributed by atoms with E-state index >= 15 is 0 Å². The molecular formula is C12H19N3O2. The predicted molar refractivity (Wildman–Crippen MR) is 61.4 cm³/mol. The van der Waals surface area contributed by atoms with Crippen molar-refractivity contribution in [2.75, 3.05) is 13.1 Å². The van der Waals surface area contributed by atoms with Gasteiger partial charge in [-0.25, -0.2) is 0 Å². The monoisotopic (exact) mass is 237 g/mol. The van der Waals surface area contributed by atoms with Crippen molar-refractivity contribution in [3.63, 3.8) is 0 Å². The lowest BCUT2D eigenvalue weighted by molar-refractivity contribution is -0.109. The topological polar surface area (TPSA) is 62.4 Å². The summed E-state index contributed by atoms with van der Waals surface area (Å²) in [6, 6.07) is 0. The van der Waals surface area contributed by atoms with Crippen LogP contribution >= 0.6 is 0 Å². The number of likely N-dealkylation sites (tertiary alicyclic amines) is 1. The average Bonchev–Trinajstić information content (AvgIpc) is 2.98. The number of β-amino-alcohol motifs (C(OH)–C–C–N with tert-alkyl or cyclic N) is 1. The molecule has 17 heavy (non-hydrogen) atoms. The normalized spacial score (nSPS) is 23.6. The molecule has 0 aromatic carbocycles. The van der Waals surface area contributed by atoms with Crippen LogP contribution in [-0.2, 0) is 6.54 Å².